The summed E-state index contributed by atoms with van der Waals surface area (Å²) in [6, 6.07) is 1.37. The third-order valence-corrected chi connectivity index (χ3v) is 3.42. The van der Waals surface area contributed by atoms with Gasteiger partial charge in [-0.1, -0.05) is 0 Å². The second-order valence-electron chi connectivity index (χ2n) is 4.26. The second kappa shape index (κ2) is 2.92. The molecule has 1 aromatic heterocycles. The normalized spacial score (nSPS) is 35.0. The average molecular weight is 190 g/mol. The number of fused-ring (bicyclic) bond motifs is 2. The minimum absolute atomic E-state index is 0.366. The maximum Gasteiger partial charge on any atom is 0.219 e. The highest BCUT2D eigenvalue weighted by atomic mass is 15.0. The molecule has 2 aliphatic rings. The zero-order valence-electron chi connectivity index (χ0n) is 7.98. The highest BCUT2D eigenvalue weighted by molar-refractivity contribution is 5.24. The molecule has 0 amide bonds. The van der Waals surface area contributed by atoms with Crippen LogP contribution in [0.1, 0.15) is 30.7 Å². The number of rotatable bonds is 1. The third-order valence-electron chi connectivity index (χ3n) is 3.42. The van der Waals surface area contributed by atoms with Crippen LogP contribution >= 0.6 is 0 Å². The van der Waals surface area contributed by atoms with E-state index in [1.807, 2.05) is 12.4 Å². The molecule has 0 aromatic carbocycles. The molecule has 0 aliphatic carbocycles. The first-order valence-electron chi connectivity index (χ1n) is 5.16. The zero-order valence-corrected chi connectivity index (χ0v) is 7.98. The summed E-state index contributed by atoms with van der Waals surface area (Å²) in [6.07, 6.45) is 7.60. The summed E-state index contributed by atoms with van der Waals surface area (Å²) in [4.78, 5) is 8.09. The van der Waals surface area contributed by atoms with Gasteiger partial charge in [0.05, 0.1) is 0 Å². The Bertz CT molecular complexity index is 334. The fraction of sp³-hybridized carbons (Fsp3) is 0.600. The van der Waals surface area contributed by atoms with Crippen molar-refractivity contribution in [3.63, 3.8) is 0 Å². The van der Waals surface area contributed by atoms with Crippen molar-refractivity contribution in [3.8, 4) is 0 Å². The molecule has 3 unspecified atom stereocenters. The summed E-state index contributed by atoms with van der Waals surface area (Å²) >= 11 is 0. The lowest BCUT2D eigenvalue weighted by Crippen LogP contribution is -2.21. The molecular weight excluding hydrogens is 176 g/mol. The third kappa shape index (κ3) is 1.18. The summed E-state index contributed by atoms with van der Waals surface area (Å²) < 4.78 is 0. The van der Waals surface area contributed by atoms with Gasteiger partial charge in [-0.3, -0.25) is 0 Å². The molecule has 4 heteroatoms. The highest BCUT2D eigenvalue weighted by Gasteiger charge is 2.39. The van der Waals surface area contributed by atoms with Crippen molar-refractivity contribution >= 4 is 5.95 Å². The Kier molecular flexibility index (Phi) is 1.70. The van der Waals surface area contributed by atoms with E-state index in [2.05, 4.69) is 15.3 Å². The maximum atomic E-state index is 5.46. The number of hydrogen-bond acceptors (Lipinski definition) is 4. The van der Waals surface area contributed by atoms with Gasteiger partial charge in [-0.25, -0.2) is 9.97 Å². The van der Waals surface area contributed by atoms with Gasteiger partial charge in [0.15, 0.2) is 0 Å². The van der Waals surface area contributed by atoms with Gasteiger partial charge in [-0.15, -0.1) is 0 Å². The van der Waals surface area contributed by atoms with E-state index in [-0.39, 0.29) is 0 Å². The largest absolute Gasteiger partial charge is 0.368 e. The van der Waals surface area contributed by atoms with Gasteiger partial charge >= 0.3 is 0 Å². The Labute approximate surface area is 82.9 Å². The first kappa shape index (κ1) is 8.17. The topological polar surface area (TPSA) is 63.8 Å². The van der Waals surface area contributed by atoms with E-state index in [0.717, 1.165) is 6.04 Å². The molecule has 1 aromatic rings. The molecule has 3 rings (SSSR count). The Morgan fingerprint density at radius 3 is 2.64 bits per heavy atom. The molecule has 4 nitrogen and oxygen atoms in total. The van der Waals surface area contributed by atoms with Crippen LogP contribution in [0.15, 0.2) is 12.4 Å². The fourth-order valence-electron chi connectivity index (χ4n) is 2.73. The first-order valence-corrected chi connectivity index (χ1v) is 5.16. The van der Waals surface area contributed by atoms with E-state index in [0.29, 0.717) is 17.9 Å². The predicted octanol–water partition coefficient (Wildman–Crippen LogP) is 0.667. The molecule has 0 spiro atoms. The molecular formula is C10H14N4. The van der Waals surface area contributed by atoms with Crippen LogP contribution in [0.4, 0.5) is 5.95 Å². The van der Waals surface area contributed by atoms with Gasteiger partial charge in [-0.2, -0.15) is 0 Å². The first-order chi connectivity index (χ1) is 6.83. The minimum Gasteiger partial charge on any atom is -0.368 e. The van der Waals surface area contributed by atoms with E-state index in [9.17, 15) is 0 Å². The number of nitrogens with one attached hydrogen (secondary N) is 1. The van der Waals surface area contributed by atoms with Crippen molar-refractivity contribution in [1.82, 2.24) is 15.3 Å². The molecule has 3 heterocycles. The molecule has 14 heavy (non-hydrogen) atoms. The van der Waals surface area contributed by atoms with Crippen molar-refractivity contribution in [2.24, 2.45) is 0 Å². The van der Waals surface area contributed by atoms with Crippen LogP contribution in [0.5, 0.6) is 0 Å². The summed E-state index contributed by atoms with van der Waals surface area (Å²) in [5, 5.41) is 3.60. The van der Waals surface area contributed by atoms with Gasteiger partial charge in [0, 0.05) is 30.4 Å². The monoisotopic (exact) mass is 190 g/mol. The Morgan fingerprint density at radius 1 is 1.29 bits per heavy atom. The van der Waals surface area contributed by atoms with E-state index in [1.165, 1.54) is 24.8 Å². The standard InChI is InChI=1S/C10H14N4/c11-10-12-4-6(5-13-10)8-3-7-1-2-9(8)14-7/h4-5,7-9,14H,1-3H2,(H2,11,12,13). The number of anilines is 1. The van der Waals surface area contributed by atoms with Crippen LogP contribution < -0.4 is 11.1 Å². The van der Waals surface area contributed by atoms with E-state index in [1.54, 1.807) is 0 Å². The second-order valence-corrected chi connectivity index (χ2v) is 4.26. The van der Waals surface area contributed by atoms with Crippen LogP contribution in [0.25, 0.3) is 0 Å². The van der Waals surface area contributed by atoms with Crippen molar-refractivity contribution in [1.29, 1.82) is 0 Å². The Hall–Kier alpha value is -1.16. The summed E-state index contributed by atoms with van der Waals surface area (Å²) in [7, 11) is 0. The number of hydrogen-bond donors (Lipinski definition) is 2. The molecule has 3 N–H and O–H groups in total. The van der Waals surface area contributed by atoms with Crippen molar-refractivity contribution in [2.45, 2.75) is 37.3 Å². The number of aromatic nitrogens is 2. The summed E-state index contributed by atoms with van der Waals surface area (Å²) in [5.74, 6) is 0.971. The van der Waals surface area contributed by atoms with Gasteiger partial charge in [0.2, 0.25) is 5.95 Å². The van der Waals surface area contributed by atoms with Crippen LogP contribution in [0.3, 0.4) is 0 Å². The lowest BCUT2D eigenvalue weighted by atomic mass is 9.85. The number of nitrogens with zero attached hydrogens (tertiary/aromatic N) is 2. The zero-order chi connectivity index (χ0) is 9.54. The summed E-state index contributed by atoms with van der Waals surface area (Å²) in [5.41, 5.74) is 6.70. The molecule has 2 bridgehead atoms. The SMILES string of the molecule is Nc1ncc(C2CC3CCC2N3)cn1. The quantitative estimate of drug-likeness (QED) is 0.683. The van der Waals surface area contributed by atoms with Gasteiger partial charge in [-0.05, 0) is 24.8 Å². The highest BCUT2D eigenvalue weighted by Crippen LogP contribution is 2.39. The molecule has 0 saturated carbocycles. The molecule has 2 aliphatic heterocycles. The van der Waals surface area contributed by atoms with Gasteiger partial charge in [0.25, 0.3) is 0 Å². The average Bonchev–Trinajstić information content (AvgIpc) is 2.80. The number of nitrogens with two attached hydrogens (primary N) is 1. The van der Waals surface area contributed by atoms with Crippen molar-refractivity contribution in [2.75, 3.05) is 5.73 Å². The molecule has 3 atom stereocenters. The Morgan fingerprint density at radius 2 is 2.07 bits per heavy atom. The molecule has 2 saturated heterocycles. The molecule has 0 radical (unpaired) electrons. The van der Waals surface area contributed by atoms with Crippen LogP contribution in [-0.2, 0) is 0 Å². The minimum atomic E-state index is 0.366. The Balaban J connectivity index is 1.86. The lowest BCUT2D eigenvalue weighted by Gasteiger charge is -2.19. The molecule has 2 fully saturated rings. The van der Waals surface area contributed by atoms with E-state index >= 15 is 0 Å². The van der Waals surface area contributed by atoms with Crippen LogP contribution in [-0.4, -0.2) is 22.1 Å². The van der Waals surface area contributed by atoms with Gasteiger partial charge < -0.3 is 11.1 Å². The predicted molar refractivity (Wildman–Crippen MR) is 53.7 cm³/mol. The van der Waals surface area contributed by atoms with Gasteiger partial charge in [0.1, 0.15) is 0 Å². The summed E-state index contributed by atoms with van der Waals surface area (Å²) in [6.45, 7) is 0. The lowest BCUT2D eigenvalue weighted by molar-refractivity contribution is 0.504. The van der Waals surface area contributed by atoms with Crippen LogP contribution in [0, 0.1) is 0 Å². The molecule has 74 valence electrons. The number of nitrogen functional groups attached to an aromatic ring is 1. The van der Waals surface area contributed by atoms with E-state index < -0.39 is 0 Å². The smallest absolute Gasteiger partial charge is 0.219 e. The van der Waals surface area contributed by atoms with Crippen LogP contribution in [0.2, 0.25) is 0 Å². The van der Waals surface area contributed by atoms with Crippen molar-refractivity contribution in [3.05, 3.63) is 18.0 Å². The fourth-order valence-corrected chi connectivity index (χ4v) is 2.73. The van der Waals surface area contributed by atoms with Crippen molar-refractivity contribution < 1.29 is 0 Å². The maximum absolute atomic E-state index is 5.46. The van der Waals surface area contributed by atoms with E-state index in [4.69, 9.17) is 5.73 Å².